The summed E-state index contributed by atoms with van der Waals surface area (Å²) in [6.45, 7) is -1.68. The van der Waals surface area contributed by atoms with Crippen LogP contribution in [0.1, 0.15) is 0 Å². The van der Waals surface area contributed by atoms with E-state index < -0.39 is 14.3 Å². The van der Waals surface area contributed by atoms with Crippen molar-refractivity contribution in [2.45, 2.75) is 7.60 Å². The number of alkyl halides is 6. The molecule has 1 unspecified atom stereocenters. The van der Waals surface area contributed by atoms with Crippen LogP contribution in [0.15, 0.2) is 0 Å². The molecule has 0 rings (SSSR count). The number of halogens is 6. The smallest absolute Gasteiger partial charge is 0.246 e. The maximum atomic E-state index is 12.2. The van der Waals surface area contributed by atoms with Crippen LogP contribution in [0.2, 0.25) is 0 Å². The molecule has 0 fully saturated rings. The average molecular weight is 368 g/mol. The highest BCUT2D eigenvalue weighted by Gasteiger charge is 2.51. The molecule has 0 nitrogen and oxygen atoms in total. The molecule has 6 heteroatoms. The third kappa shape index (κ3) is 2.72. The van der Waals surface area contributed by atoms with Crippen LogP contribution in [0.25, 0.3) is 0 Å². The standard InChI is InChI=1S/C3H2F4I2/c4-1-2(5,8)3(6,7)9/h1H2. The molecule has 0 saturated heterocycles. The molecule has 0 aromatic carbocycles. The molecule has 0 N–H and O–H groups in total. The van der Waals surface area contributed by atoms with Gasteiger partial charge in [-0.05, 0) is 22.6 Å². The molecule has 0 aliphatic heterocycles. The fourth-order valence-electron chi connectivity index (χ4n) is 0.0758. The Morgan fingerprint density at radius 3 is 1.44 bits per heavy atom. The summed E-state index contributed by atoms with van der Waals surface area (Å²) in [7, 11) is 0. The van der Waals surface area contributed by atoms with Gasteiger partial charge in [0, 0.05) is 22.6 Å². The molecular formula is C3H2F4I2. The minimum absolute atomic E-state index is 0.564. The van der Waals surface area contributed by atoms with Gasteiger partial charge in [0.1, 0.15) is 6.67 Å². The summed E-state index contributed by atoms with van der Waals surface area (Å²) < 4.78 is 40.6. The first-order valence-corrected chi connectivity index (χ1v) is 3.97. The summed E-state index contributed by atoms with van der Waals surface area (Å²) in [5.41, 5.74) is 0. The van der Waals surface area contributed by atoms with Gasteiger partial charge in [0.15, 0.2) is 0 Å². The predicted molar refractivity (Wildman–Crippen MR) is 42.8 cm³/mol. The van der Waals surface area contributed by atoms with E-state index in [9.17, 15) is 17.6 Å². The fourth-order valence-corrected chi connectivity index (χ4v) is 0.220. The van der Waals surface area contributed by atoms with E-state index >= 15 is 0 Å². The molecule has 56 valence electrons. The Morgan fingerprint density at radius 1 is 1.11 bits per heavy atom. The zero-order valence-corrected chi connectivity index (χ0v) is 8.29. The fraction of sp³-hybridized carbons (Fsp3) is 1.00. The van der Waals surface area contributed by atoms with Crippen molar-refractivity contribution in [2.75, 3.05) is 6.67 Å². The quantitative estimate of drug-likeness (QED) is 0.400. The zero-order valence-electron chi connectivity index (χ0n) is 3.97. The van der Waals surface area contributed by atoms with E-state index in [1.807, 2.05) is 0 Å². The molecule has 1 atom stereocenters. The van der Waals surface area contributed by atoms with Crippen LogP contribution < -0.4 is 0 Å². The summed E-state index contributed by atoms with van der Waals surface area (Å²) in [6.07, 6.45) is 0. The first-order valence-electron chi connectivity index (χ1n) is 1.82. The maximum absolute atomic E-state index is 12.2. The molecule has 0 saturated carbocycles. The summed E-state index contributed by atoms with van der Waals surface area (Å²) in [5, 5.41) is 0. The number of hydrogen-bond donors (Lipinski definition) is 0. The number of rotatable bonds is 2. The Hall–Kier alpha value is 1.18. The van der Waals surface area contributed by atoms with Crippen LogP contribution in [0, 0.1) is 0 Å². The summed E-state index contributed by atoms with van der Waals surface area (Å²) in [5.74, 6) is 0. The van der Waals surface area contributed by atoms with Gasteiger partial charge in [-0.2, -0.15) is 8.78 Å². The van der Waals surface area contributed by atoms with Gasteiger partial charge in [-0.25, -0.2) is 8.78 Å². The van der Waals surface area contributed by atoms with E-state index in [1.165, 1.54) is 0 Å². The van der Waals surface area contributed by atoms with Crippen molar-refractivity contribution in [3.05, 3.63) is 0 Å². The third-order valence-corrected chi connectivity index (χ3v) is 3.44. The first kappa shape index (κ1) is 10.2. The van der Waals surface area contributed by atoms with Crippen LogP contribution in [-0.4, -0.2) is 14.3 Å². The van der Waals surface area contributed by atoms with Gasteiger partial charge in [-0.15, -0.1) is 0 Å². The zero-order chi connectivity index (χ0) is 7.71. The molecule has 0 aliphatic rings. The topological polar surface area (TPSA) is 0 Å². The van der Waals surface area contributed by atoms with E-state index in [1.54, 1.807) is 0 Å². The first-order chi connectivity index (χ1) is 3.81. The van der Waals surface area contributed by atoms with Crippen molar-refractivity contribution >= 4 is 45.2 Å². The monoisotopic (exact) mass is 368 g/mol. The summed E-state index contributed by atoms with van der Waals surface area (Å²) >= 11 is 1.31. The second-order valence-corrected chi connectivity index (χ2v) is 4.40. The SMILES string of the molecule is FCC(F)(I)C(F)(F)I. The summed E-state index contributed by atoms with van der Waals surface area (Å²) in [4.78, 5) is 0. The van der Waals surface area contributed by atoms with Crippen LogP contribution in [-0.2, 0) is 0 Å². The Kier molecular flexibility index (Phi) is 3.46. The Bertz CT molecular complexity index is 96.5. The lowest BCUT2D eigenvalue weighted by Crippen LogP contribution is -2.34. The molecule has 0 aromatic heterocycles. The van der Waals surface area contributed by atoms with Crippen molar-refractivity contribution in [3.63, 3.8) is 0 Å². The lowest BCUT2D eigenvalue weighted by molar-refractivity contribution is 0.00870. The van der Waals surface area contributed by atoms with E-state index in [4.69, 9.17) is 0 Å². The Balaban J connectivity index is 4.14. The van der Waals surface area contributed by atoms with E-state index in [2.05, 4.69) is 0 Å². The molecule has 0 aliphatic carbocycles. The Labute approximate surface area is 76.7 Å². The van der Waals surface area contributed by atoms with Gasteiger partial charge >= 0.3 is 3.93 Å². The minimum Gasteiger partial charge on any atom is -0.246 e. The molecule has 0 amide bonds. The molecule has 9 heavy (non-hydrogen) atoms. The second-order valence-electron chi connectivity index (χ2n) is 1.34. The van der Waals surface area contributed by atoms with Crippen molar-refractivity contribution in [1.82, 2.24) is 0 Å². The van der Waals surface area contributed by atoms with Crippen LogP contribution in [0.5, 0.6) is 0 Å². The minimum atomic E-state index is -3.64. The van der Waals surface area contributed by atoms with Crippen LogP contribution in [0.3, 0.4) is 0 Å². The van der Waals surface area contributed by atoms with Crippen molar-refractivity contribution in [2.24, 2.45) is 0 Å². The highest BCUT2D eigenvalue weighted by molar-refractivity contribution is 14.1. The molecule has 0 radical (unpaired) electrons. The third-order valence-electron chi connectivity index (χ3n) is 0.583. The van der Waals surface area contributed by atoms with Crippen molar-refractivity contribution < 1.29 is 17.6 Å². The van der Waals surface area contributed by atoms with E-state index in [0.29, 0.717) is 22.6 Å². The van der Waals surface area contributed by atoms with E-state index in [0.717, 1.165) is 22.6 Å². The molecule has 0 bridgehead atoms. The van der Waals surface area contributed by atoms with Crippen molar-refractivity contribution in [1.29, 1.82) is 0 Å². The van der Waals surface area contributed by atoms with E-state index in [-0.39, 0.29) is 0 Å². The van der Waals surface area contributed by atoms with Gasteiger partial charge in [0.05, 0.1) is 0 Å². The van der Waals surface area contributed by atoms with Crippen LogP contribution >= 0.6 is 45.2 Å². The lowest BCUT2D eigenvalue weighted by Gasteiger charge is -2.19. The lowest BCUT2D eigenvalue weighted by atomic mass is 10.4. The number of hydrogen-bond acceptors (Lipinski definition) is 0. The van der Waals surface area contributed by atoms with Gasteiger partial charge in [-0.1, -0.05) is 0 Å². The summed E-state index contributed by atoms with van der Waals surface area (Å²) in [6, 6.07) is 0. The second kappa shape index (κ2) is 3.05. The van der Waals surface area contributed by atoms with Crippen molar-refractivity contribution in [3.8, 4) is 0 Å². The molecular weight excluding hydrogens is 366 g/mol. The molecule has 0 spiro atoms. The van der Waals surface area contributed by atoms with Gasteiger partial charge in [-0.3, -0.25) is 0 Å². The Morgan fingerprint density at radius 2 is 1.44 bits per heavy atom. The molecule has 0 heterocycles. The van der Waals surface area contributed by atoms with Gasteiger partial charge in [0.25, 0.3) is 3.68 Å². The molecule has 0 aromatic rings. The van der Waals surface area contributed by atoms with Gasteiger partial charge in [0.2, 0.25) is 0 Å². The highest BCUT2D eigenvalue weighted by atomic mass is 127. The van der Waals surface area contributed by atoms with Gasteiger partial charge < -0.3 is 0 Å². The maximum Gasteiger partial charge on any atom is 0.341 e. The normalized spacial score (nSPS) is 19.3. The highest BCUT2D eigenvalue weighted by Crippen LogP contribution is 2.43. The predicted octanol–water partition coefficient (Wildman–Crippen LogP) is 3.08. The average Bonchev–Trinajstić information content (AvgIpc) is 1.64. The largest absolute Gasteiger partial charge is 0.341 e. The van der Waals surface area contributed by atoms with Crippen LogP contribution in [0.4, 0.5) is 17.6 Å².